The molecule has 0 aliphatic rings. The number of primary amides is 1. The van der Waals surface area contributed by atoms with Gasteiger partial charge in [-0.1, -0.05) is 19.1 Å². The number of nitrogens with two attached hydrogens (primary N) is 1. The van der Waals surface area contributed by atoms with Gasteiger partial charge in [0, 0.05) is 12.0 Å². The van der Waals surface area contributed by atoms with Crippen LogP contribution < -0.4 is 5.73 Å². The van der Waals surface area contributed by atoms with Gasteiger partial charge in [-0.05, 0) is 0 Å². The second-order valence-electron chi connectivity index (χ2n) is 4.47. The van der Waals surface area contributed by atoms with Crippen molar-refractivity contribution in [3.8, 4) is 0 Å². The number of hydrogen-bond acceptors (Lipinski definition) is 4. The maximum Gasteiger partial charge on any atom is 0.282 e. The van der Waals surface area contributed by atoms with Crippen LogP contribution in [0.1, 0.15) is 36.5 Å². The molecule has 0 bridgehead atoms. The molecule has 0 saturated carbocycles. The molecule has 1 amide bonds. The standard InChI is InChI=1S/C9H14F2N4O2/c1-9(2,4-16)3-15-6(7(10)11)5(8(12)17)13-14-15/h7,16H,3-4H2,1-2H3,(H2,12,17). The molecule has 0 aliphatic carbocycles. The van der Waals surface area contributed by atoms with Gasteiger partial charge in [-0.15, -0.1) is 5.10 Å². The quantitative estimate of drug-likeness (QED) is 0.785. The van der Waals surface area contributed by atoms with Gasteiger partial charge in [0.1, 0.15) is 5.69 Å². The van der Waals surface area contributed by atoms with Crippen molar-refractivity contribution in [2.45, 2.75) is 26.8 Å². The van der Waals surface area contributed by atoms with Gasteiger partial charge in [0.2, 0.25) is 0 Å². The van der Waals surface area contributed by atoms with E-state index in [1.165, 1.54) is 0 Å². The first-order chi connectivity index (χ1) is 7.78. The van der Waals surface area contributed by atoms with Crippen LogP contribution in [0.2, 0.25) is 0 Å². The molecule has 0 saturated heterocycles. The summed E-state index contributed by atoms with van der Waals surface area (Å²) in [6.07, 6.45) is -2.90. The van der Waals surface area contributed by atoms with Gasteiger partial charge in [-0.3, -0.25) is 4.79 Å². The van der Waals surface area contributed by atoms with Crippen LogP contribution in [0, 0.1) is 5.41 Å². The number of carbonyl (C=O) groups is 1. The van der Waals surface area contributed by atoms with Crippen LogP contribution in [0.15, 0.2) is 0 Å². The summed E-state index contributed by atoms with van der Waals surface area (Å²) >= 11 is 0. The van der Waals surface area contributed by atoms with Crippen molar-refractivity contribution >= 4 is 5.91 Å². The molecule has 8 heteroatoms. The molecule has 3 N–H and O–H groups in total. The van der Waals surface area contributed by atoms with E-state index in [1.807, 2.05) is 0 Å². The second-order valence-corrected chi connectivity index (χ2v) is 4.47. The Morgan fingerprint density at radius 1 is 1.59 bits per heavy atom. The lowest BCUT2D eigenvalue weighted by molar-refractivity contribution is 0.0965. The average Bonchev–Trinajstić information content (AvgIpc) is 2.60. The predicted molar refractivity (Wildman–Crippen MR) is 54.4 cm³/mol. The molecule has 0 atom stereocenters. The number of aromatic nitrogens is 3. The molecule has 6 nitrogen and oxygen atoms in total. The van der Waals surface area contributed by atoms with Gasteiger partial charge < -0.3 is 10.8 Å². The van der Waals surface area contributed by atoms with Crippen molar-refractivity contribution < 1.29 is 18.7 Å². The van der Waals surface area contributed by atoms with Gasteiger partial charge >= 0.3 is 0 Å². The molecule has 0 aliphatic heterocycles. The van der Waals surface area contributed by atoms with Crippen LogP contribution in [0.4, 0.5) is 8.78 Å². The van der Waals surface area contributed by atoms with Crippen LogP contribution in [0.25, 0.3) is 0 Å². The fraction of sp³-hybridized carbons (Fsp3) is 0.667. The van der Waals surface area contributed by atoms with Crippen molar-refractivity contribution in [1.82, 2.24) is 15.0 Å². The van der Waals surface area contributed by atoms with Gasteiger partial charge in [0.25, 0.3) is 12.3 Å². The Balaban J connectivity index is 3.13. The number of aliphatic hydroxyl groups excluding tert-OH is 1. The van der Waals surface area contributed by atoms with E-state index in [0.717, 1.165) is 4.68 Å². The second kappa shape index (κ2) is 4.74. The van der Waals surface area contributed by atoms with Crippen molar-refractivity contribution in [2.75, 3.05) is 6.61 Å². The number of nitrogens with zero attached hydrogens (tertiary/aromatic N) is 3. The zero-order chi connectivity index (χ0) is 13.2. The Morgan fingerprint density at radius 3 is 2.59 bits per heavy atom. The summed E-state index contributed by atoms with van der Waals surface area (Å²) in [6.45, 7) is 3.16. The lowest BCUT2D eigenvalue weighted by Gasteiger charge is -2.21. The molecule has 1 rings (SSSR count). The third-order valence-electron chi connectivity index (χ3n) is 2.22. The monoisotopic (exact) mass is 248 g/mol. The van der Waals surface area contributed by atoms with Crippen molar-refractivity contribution in [3.05, 3.63) is 11.4 Å². The van der Waals surface area contributed by atoms with Gasteiger partial charge in [0.15, 0.2) is 5.69 Å². The third kappa shape index (κ3) is 2.96. The number of carbonyl (C=O) groups excluding carboxylic acids is 1. The minimum Gasteiger partial charge on any atom is -0.396 e. The van der Waals surface area contributed by atoms with Crippen molar-refractivity contribution in [2.24, 2.45) is 11.1 Å². The van der Waals surface area contributed by atoms with Crippen LogP contribution >= 0.6 is 0 Å². The lowest BCUT2D eigenvalue weighted by atomic mass is 9.95. The smallest absolute Gasteiger partial charge is 0.282 e. The normalized spacial score (nSPS) is 12.1. The molecule has 0 unspecified atom stereocenters. The maximum absolute atomic E-state index is 12.8. The molecular weight excluding hydrogens is 234 g/mol. The predicted octanol–water partition coefficient (Wildman–Crippen LogP) is 0.333. The minimum absolute atomic E-state index is 0.0173. The Hall–Kier alpha value is -1.57. The van der Waals surface area contributed by atoms with E-state index in [4.69, 9.17) is 10.8 Å². The molecule has 0 radical (unpaired) electrons. The number of alkyl halides is 2. The first kappa shape index (κ1) is 13.5. The summed E-state index contributed by atoms with van der Waals surface area (Å²) in [5, 5.41) is 15.9. The Morgan fingerprint density at radius 2 is 2.18 bits per heavy atom. The molecule has 1 heterocycles. The number of rotatable bonds is 5. The van der Waals surface area contributed by atoms with Crippen LogP contribution in [0.3, 0.4) is 0 Å². The van der Waals surface area contributed by atoms with E-state index in [1.54, 1.807) is 13.8 Å². The lowest BCUT2D eigenvalue weighted by Crippen LogP contribution is -2.26. The van der Waals surface area contributed by atoms with E-state index < -0.39 is 29.1 Å². The minimum atomic E-state index is -2.90. The fourth-order valence-corrected chi connectivity index (χ4v) is 1.28. The topological polar surface area (TPSA) is 94.0 Å². The first-order valence-corrected chi connectivity index (χ1v) is 4.90. The zero-order valence-electron chi connectivity index (χ0n) is 9.52. The Kier molecular flexibility index (Phi) is 3.76. The van der Waals surface area contributed by atoms with E-state index in [0.29, 0.717) is 0 Å². The van der Waals surface area contributed by atoms with Gasteiger partial charge in [0.05, 0.1) is 6.54 Å². The number of aliphatic hydroxyl groups is 1. The summed E-state index contributed by atoms with van der Waals surface area (Å²) in [4.78, 5) is 10.9. The largest absolute Gasteiger partial charge is 0.396 e. The van der Waals surface area contributed by atoms with E-state index in [9.17, 15) is 13.6 Å². The maximum atomic E-state index is 12.8. The van der Waals surface area contributed by atoms with E-state index >= 15 is 0 Å². The Labute approximate surface area is 96.4 Å². The summed E-state index contributed by atoms with van der Waals surface area (Å²) < 4.78 is 26.5. The highest BCUT2D eigenvalue weighted by Gasteiger charge is 2.28. The van der Waals surface area contributed by atoms with E-state index in [2.05, 4.69) is 10.3 Å². The highest BCUT2D eigenvalue weighted by molar-refractivity contribution is 5.91. The summed E-state index contributed by atoms with van der Waals surface area (Å²) in [5.74, 6) is -1.05. The molecule has 0 aromatic carbocycles. The van der Waals surface area contributed by atoms with Crippen molar-refractivity contribution in [3.63, 3.8) is 0 Å². The average molecular weight is 248 g/mol. The summed E-state index contributed by atoms with van der Waals surface area (Å²) in [5.41, 5.74) is 3.13. The summed E-state index contributed by atoms with van der Waals surface area (Å²) in [7, 11) is 0. The fourth-order valence-electron chi connectivity index (χ4n) is 1.28. The van der Waals surface area contributed by atoms with Crippen LogP contribution in [-0.4, -0.2) is 32.6 Å². The molecular formula is C9H14F2N4O2. The highest BCUT2D eigenvalue weighted by atomic mass is 19.3. The molecule has 1 aromatic heterocycles. The molecule has 0 spiro atoms. The molecule has 17 heavy (non-hydrogen) atoms. The number of hydrogen-bond donors (Lipinski definition) is 2. The molecule has 0 fully saturated rings. The Bertz CT molecular complexity index is 417. The van der Waals surface area contributed by atoms with Gasteiger partial charge in [-0.2, -0.15) is 0 Å². The van der Waals surface area contributed by atoms with Gasteiger partial charge in [-0.25, -0.2) is 13.5 Å². The molecule has 96 valence electrons. The summed E-state index contributed by atoms with van der Waals surface area (Å²) in [6, 6.07) is 0. The number of amides is 1. The zero-order valence-corrected chi connectivity index (χ0v) is 9.52. The third-order valence-corrected chi connectivity index (χ3v) is 2.22. The molecule has 1 aromatic rings. The number of halogens is 2. The van der Waals surface area contributed by atoms with Crippen molar-refractivity contribution in [1.29, 1.82) is 0 Å². The van der Waals surface area contributed by atoms with Crippen LogP contribution in [-0.2, 0) is 6.54 Å². The van der Waals surface area contributed by atoms with E-state index in [-0.39, 0.29) is 13.2 Å². The highest BCUT2D eigenvalue weighted by Crippen LogP contribution is 2.24. The van der Waals surface area contributed by atoms with Crippen LogP contribution in [0.5, 0.6) is 0 Å². The SMILES string of the molecule is CC(C)(CO)Cn1nnc(C(N)=O)c1C(F)F. The first-order valence-electron chi connectivity index (χ1n) is 4.90.